The zero-order chi connectivity index (χ0) is 11.1. The van der Waals surface area contributed by atoms with Gasteiger partial charge in [0, 0.05) is 18.7 Å². The first-order valence-electron chi connectivity index (χ1n) is 4.30. The van der Waals surface area contributed by atoms with Crippen LogP contribution in [-0.2, 0) is 13.1 Å². The molecule has 1 N–H and O–H groups in total. The van der Waals surface area contributed by atoms with E-state index in [2.05, 4.69) is 10.2 Å². The van der Waals surface area contributed by atoms with Crippen LogP contribution in [0.5, 0.6) is 0 Å². The predicted octanol–water partition coefficient (Wildman–Crippen LogP) is 1.10. The average molecular weight is 219 g/mol. The van der Waals surface area contributed by atoms with Gasteiger partial charge in [-0.1, -0.05) is 0 Å². The summed E-state index contributed by atoms with van der Waals surface area (Å²) in [6.45, 7) is -0.678. The number of nitrogens with zero attached hydrogens (tertiary/aromatic N) is 2. The summed E-state index contributed by atoms with van der Waals surface area (Å²) in [6, 6.07) is 0. The first kappa shape index (κ1) is 10.2. The largest absolute Gasteiger partial charge is 0.401 e. The Balaban J connectivity index is 2.09. The molecule has 0 amide bonds. The molecule has 0 atom stereocenters. The third-order valence-electron chi connectivity index (χ3n) is 2.26. The summed E-state index contributed by atoms with van der Waals surface area (Å²) in [5.74, 6) is 0. The van der Waals surface area contributed by atoms with Crippen LogP contribution in [0, 0.1) is 0 Å². The normalized spacial score (nSPS) is 16.7. The SMILES string of the molecule is O=Cc1n[nH]c2c1CN(CC(F)(F)F)C2. The minimum Gasteiger partial charge on any atom is -0.296 e. The molecule has 0 spiro atoms. The van der Waals surface area contributed by atoms with E-state index >= 15 is 0 Å². The van der Waals surface area contributed by atoms with E-state index in [1.165, 1.54) is 4.90 Å². The van der Waals surface area contributed by atoms with Crippen LogP contribution in [-0.4, -0.2) is 34.1 Å². The van der Waals surface area contributed by atoms with Crippen molar-refractivity contribution in [2.24, 2.45) is 0 Å². The van der Waals surface area contributed by atoms with Crippen LogP contribution in [0.4, 0.5) is 13.2 Å². The van der Waals surface area contributed by atoms with Crippen molar-refractivity contribution < 1.29 is 18.0 Å². The standard InChI is InChI=1S/C8H8F3N3O/c9-8(10,11)4-14-1-5-6(2-14)12-13-7(5)3-15/h3H,1-2,4H2,(H,12,13). The van der Waals surface area contributed by atoms with Gasteiger partial charge in [-0.25, -0.2) is 0 Å². The van der Waals surface area contributed by atoms with Gasteiger partial charge < -0.3 is 0 Å². The monoisotopic (exact) mass is 219 g/mol. The first-order chi connectivity index (χ1) is 6.99. The minimum absolute atomic E-state index is 0.124. The Morgan fingerprint density at radius 1 is 1.47 bits per heavy atom. The summed E-state index contributed by atoms with van der Waals surface area (Å²) in [5.41, 5.74) is 1.38. The Hall–Kier alpha value is -1.37. The highest BCUT2D eigenvalue weighted by Crippen LogP contribution is 2.26. The summed E-state index contributed by atoms with van der Waals surface area (Å²) in [4.78, 5) is 11.7. The Labute approximate surface area is 83.1 Å². The van der Waals surface area contributed by atoms with Gasteiger partial charge in [-0.2, -0.15) is 18.3 Å². The van der Waals surface area contributed by atoms with Crippen molar-refractivity contribution in [3.8, 4) is 0 Å². The van der Waals surface area contributed by atoms with Crippen LogP contribution in [0.3, 0.4) is 0 Å². The highest BCUT2D eigenvalue weighted by atomic mass is 19.4. The van der Waals surface area contributed by atoms with Crippen LogP contribution in [0.2, 0.25) is 0 Å². The Morgan fingerprint density at radius 3 is 2.80 bits per heavy atom. The fraction of sp³-hybridized carbons (Fsp3) is 0.500. The van der Waals surface area contributed by atoms with Crippen LogP contribution in [0.25, 0.3) is 0 Å². The molecule has 82 valence electrons. The molecule has 1 aliphatic rings. The molecule has 0 unspecified atom stereocenters. The molecule has 1 aromatic heterocycles. The number of aromatic nitrogens is 2. The van der Waals surface area contributed by atoms with Crippen molar-refractivity contribution in [3.05, 3.63) is 17.0 Å². The second-order valence-corrected chi connectivity index (χ2v) is 3.44. The van der Waals surface area contributed by atoms with E-state index in [1.807, 2.05) is 0 Å². The van der Waals surface area contributed by atoms with Crippen molar-refractivity contribution in [3.63, 3.8) is 0 Å². The highest BCUT2D eigenvalue weighted by molar-refractivity contribution is 5.74. The first-order valence-corrected chi connectivity index (χ1v) is 4.30. The predicted molar refractivity (Wildman–Crippen MR) is 44.1 cm³/mol. The van der Waals surface area contributed by atoms with Gasteiger partial charge in [-0.05, 0) is 0 Å². The van der Waals surface area contributed by atoms with Crippen LogP contribution in [0.15, 0.2) is 0 Å². The number of fused-ring (bicyclic) bond motifs is 1. The summed E-state index contributed by atoms with van der Waals surface area (Å²) in [5, 5.41) is 6.25. The zero-order valence-corrected chi connectivity index (χ0v) is 7.64. The van der Waals surface area contributed by atoms with Crippen molar-refractivity contribution in [2.45, 2.75) is 19.3 Å². The number of nitrogens with one attached hydrogen (secondary N) is 1. The van der Waals surface area contributed by atoms with E-state index in [0.29, 0.717) is 17.5 Å². The topological polar surface area (TPSA) is 49.0 Å². The van der Waals surface area contributed by atoms with Gasteiger partial charge >= 0.3 is 6.18 Å². The number of H-pyrrole nitrogens is 1. The second-order valence-electron chi connectivity index (χ2n) is 3.44. The number of aldehydes is 1. The van der Waals surface area contributed by atoms with E-state index in [9.17, 15) is 18.0 Å². The zero-order valence-electron chi connectivity index (χ0n) is 7.64. The quantitative estimate of drug-likeness (QED) is 0.758. The van der Waals surface area contributed by atoms with Crippen molar-refractivity contribution >= 4 is 6.29 Å². The lowest BCUT2D eigenvalue weighted by Crippen LogP contribution is -2.30. The summed E-state index contributed by atoms with van der Waals surface area (Å²) < 4.78 is 36.2. The molecular formula is C8H8F3N3O. The molecule has 0 saturated heterocycles. The van der Waals surface area contributed by atoms with Gasteiger partial charge in [0.25, 0.3) is 0 Å². The number of alkyl halides is 3. The maximum atomic E-state index is 12.1. The van der Waals surface area contributed by atoms with Crippen LogP contribution in [0.1, 0.15) is 21.7 Å². The molecule has 7 heteroatoms. The molecule has 1 aliphatic heterocycles. The lowest BCUT2D eigenvalue weighted by Gasteiger charge is -2.16. The molecule has 2 heterocycles. The molecule has 1 aromatic rings. The number of aromatic amines is 1. The molecule has 15 heavy (non-hydrogen) atoms. The van der Waals surface area contributed by atoms with Crippen molar-refractivity contribution in [1.82, 2.24) is 15.1 Å². The van der Waals surface area contributed by atoms with Crippen LogP contribution < -0.4 is 0 Å². The average Bonchev–Trinajstić information content (AvgIpc) is 2.59. The second kappa shape index (κ2) is 3.34. The Bertz CT molecular complexity index is 385. The fourth-order valence-electron chi connectivity index (χ4n) is 1.69. The smallest absolute Gasteiger partial charge is 0.296 e. The number of carbonyl (C=O) groups excluding carboxylic acids is 1. The van der Waals surface area contributed by atoms with E-state index in [0.717, 1.165) is 0 Å². The van der Waals surface area contributed by atoms with Crippen molar-refractivity contribution in [1.29, 1.82) is 0 Å². The summed E-state index contributed by atoms with van der Waals surface area (Å²) in [6.07, 6.45) is -3.66. The Kier molecular flexibility index (Phi) is 2.26. The van der Waals surface area contributed by atoms with E-state index in [1.54, 1.807) is 0 Å². The molecule has 0 fully saturated rings. The summed E-state index contributed by atoms with van der Waals surface area (Å²) in [7, 11) is 0. The van der Waals surface area contributed by atoms with Gasteiger partial charge in [0.05, 0.1) is 12.2 Å². The number of hydrogen-bond donors (Lipinski definition) is 1. The van der Waals surface area contributed by atoms with Gasteiger partial charge in [0.1, 0.15) is 5.69 Å². The maximum Gasteiger partial charge on any atom is 0.401 e. The lowest BCUT2D eigenvalue weighted by atomic mass is 10.2. The van der Waals surface area contributed by atoms with Crippen LogP contribution >= 0.6 is 0 Å². The Morgan fingerprint density at radius 2 is 2.20 bits per heavy atom. The van der Waals surface area contributed by atoms with Crippen molar-refractivity contribution in [2.75, 3.05) is 6.54 Å². The van der Waals surface area contributed by atoms with Gasteiger partial charge in [0.15, 0.2) is 6.29 Å². The third kappa shape index (κ3) is 2.01. The van der Waals surface area contributed by atoms with Gasteiger partial charge in [-0.3, -0.25) is 14.8 Å². The number of rotatable bonds is 2. The van der Waals surface area contributed by atoms with Gasteiger partial charge in [0.2, 0.25) is 0 Å². The molecule has 0 aromatic carbocycles. The number of carbonyl (C=O) groups is 1. The third-order valence-corrected chi connectivity index (χ3v) is 2.26. The molecule has 2 rings (SSSR count). The molecule has 0 aliphatic carbocycles. The number of halogens is 3. The van der Waals surface area contributed by atoms with E-state index < -0.39 is 12.7 Å². The molecular weight excluding hydrogens is 211 g/mol. The highest BCUT2D eigenvalue weighted by Gasteiger charge is 2.34. The molecule has 0 saturated carbocycles. The summed E-state index contributed by atoms with van der Waals surface area (Å²) >= 11 is 0. The fourth-order valence-corrected chi connectivity index (χ4v) is 1.69. The molecule has 0 radical (unpaired) electrons. The van der Waals surface area contributed by atoms with Gasteiger partial charge in [-0.15, -0.1) is 0 Å². The van der Waals surface area contributed by atoms with E-state index in [-0.39, 0.29) is 18.8 Å². The maximum absolute atomic E-state index is 12.1. The molecule has 4 nitrogen and oxygen atoms in total. The molecule has 0 bridgehead atoms. The lowest BCUT2D eigenvalue weighted by molar-refractivity contribution is -0.147. The minimum atomic E-state index is -4.21. The number of hydrogen-bond acceptors (Lipinski definition) is 3. The van der Waals surface area contributed by atoms with E-state index in [4.69, 9.17) is 0 Å².